The van der Waals surface area contributed by atoms with Gasteiger partial charge in [0.25, 0.3) is 5.91 Å². The van der Waals surface area contributed by atoms with Crippen molar-refractivity contribution in [2.75, 3.05) is 26.2 Å². The average Bonchev–Trinajstić information content (AvgIpc) is 3.12. The summed E-state index contributed by atoms with van der Waals surface area (Å²) in [4.78, 5) is 34.1. The third-order valence-corrected chi connectivity index (χ3v) is 5.55. The zero-order valence-corrected chi connectivity index (χ0v) is 18.1. The third-order valence-electron chi connectivity index (χ3n) is 5.55. The van der Waals surface area contributed by atoms with Gasteiger partial charge in [-0.3, -0.25) is 14.7 Å². The molecule has 1 N–H and O–H groups in total. The molecule has 2 aromatic carbocycles. The van der Waals surface area contributed by atoms with E-state index in [4.69, 9.17) is 4.74 Å². The fraction of sp³-hybridized carbons (Fsp3) is 0.333. The normalized spacial score (nSPS) is 16.5. The van der Waals surface area contributed by atoms with Crippen molar-refractivity contribution in [3.63, 3.8) is 0 Å². The molecule has 2 amide bonds. The topological polar surface area (TPSA) is 91.4 Å². The van der Waals surface area contributed by atoms with Crippen molar-refractivity contribution in [1.82, 2.24) is 25.0 Å². The number of hydrogen-bond acceptors (Lipinski definition) is 5. The number of aromatic nitrogens is 3. The van der Waals surface area contributed by atoms with Crippen molar-refractivity contribution >= 4 is 11.8 Å². The van der Waals surface area contributed by atoms with Gasteiger partial charge in [-0.25, -0.2) is 4.98 Å². The third kappa shape index (κ3) is 5.32. The maximum absolute atomic E-state index is 13.2. The minimum absolute atomic E-state index is 0.00140. The van der Waals surface area contributed by atoms with Crippen LogP contribution in [0.2, 0.25) is 0 Å². The van der Waals surface area contributed by atoms with Crippen LogP contribution in [0.15, 0.2) is 60.7 Å². The number of nitrogens with zero attached hydrogens (tertiary/aromatic N) is 4. The Morgan fingerprint density at radius 2 is 1.72 bits per heavy atom. The Labute approximate surface area is 187 Å². The number of rotatable bonds is 6. The molecular formula is C24H27N5O3. The van der Waals surface area contributed by atoms with E-state index in [1.165, 1.54) is 0 Å². The summed E-state index contributed by atoms with van der Waals surface area (Å²) in [5.74, 6) is 1.83. The van der Waals surface area contributed by atoms with Gasteiger partial charge in [0.2, 0.25) is 5.91 Å². The highest BCUT2D eigenvalue weighted by Gasteiger charge is 2.32. The van der Waals surface area contributed by atoms with Crippen molar-refractivity contribution in [1.29, 1.82) is 0 Å². The van der Waals surface area contributed by atoms with E-state index < -0.39 is 0 Å². The largest absolute Gasteiger partial charge is 0.484 e. The van der Waals surface area contributed by atoms with Gasteiger partial charge >= 0.3 is 0 Å². The van der Waals surface area contributed by atoms with E-state index in [9.17, 15) is 9.59 Å². The molecule has 1 saturated heterocycles. The number of hydrogen-bond donors (Lipinski definition) is 1. The lowest BCUT2D eigenvalue weighted by Gasteiger charge is -2.27. The van der Waals surface area contributed by atoms with Crippen molar-refractivity contribution in [3.8, 4) is 5.75 Å². The van der Waals surface area contributed by atoms with Crippen LogP contribution < -0.4 is 4.74 Å². The fourth-order valence-electron chi connectivity index (χ4n) is 3.88. The summed E-state index contributed by atoms with van der Waals surface area (Å²) >= 11 is 0. The molecule has 166 valence electrons. The number of aryl methyl sites for hydroxylation is 1. The molecule has 4 rings (SSSR count). The van der Waals surface area contributed by atoms with E-state index in [0.29, 0.717) is 49.9 Å². The van der Waals surface area contributed by atoms with Crippen LogP contribution in [-0.4, -0.2) is 63.0 Å². The smallest absolute Gasteiger partial charge is 0.260 e. The number of ether oxygens (including phenoxy) is 1. The molecule has 8 heteroatoms. The van der Waals surface area contributed by atoms with E-state index >= 15 is 0 Å². The fourth-order valence-corrected chi connectivity index (χ4v) is 3.88. The molecule has 1 unspecified atom stereocenters. The van der Waals surface area contributed by atoms with E-state index in [1.54, 1.807) is 9.80 Å². The Morgan fingerprint density at radius 3 is 2.41 bits per heavy atom. The lowest BCUT2D eigenvalue weighted by Crippen LogP contribution is -2.40. The van der Waals surface area contributed by atoms with E-state index in [-0.39, 0.29) is 24.5 Å². The molecule has 0 bridgehead atoms. The van der Waals surface area contributed by atoms with Gasteiger partial charge in [0, 0.05) is 19.6 Å². The van der Waals surface area contributed by atoms with Crippen molar-refractivity contribution in [2.45, 2.75) is 25.8 Å². The summed E-state index contributed by atoms with van der Waals surface area (Å²) in [5, 5.41) is 7.18. The van der Waals surface area contributed by atoms with Crippen LogP contribution in [0.1, 0.15) is 29.7 Å². The molecule has 0 saturated carbocycles. The maximum Gasteiger partial charge on any atom is 0.260 e. The van der Waals surface area contributed by atoms with Crippen LogP contribution in [0.4, 0.5) is 0 Å². The molecule has 0 spiro atoms. The van der Waals surface area contributed by atoms with Crippen molar-refractivity contribution in [2.24, 2.45) is 0 Å². The Hall–Kier alpha value is -3.68. The highest BCUT2D eigenvalue weighted by molar-refractivity contribution is 5.80. The summed E-state index contributed by atoms with van der Waals surface area (Å²) in [6, 6.07) is 18.7. The van der Waals surface area contributed by atoms with Crippen LogP contribution in [0.25, 0.3) is 0 Å². The summed E-state index contributed by atoms with van der Waals surface area (Å²) in [5.41, 5.74) is 0.954. The van der Waals surface area contributed by atoms with Gasteiger partial charge in [-0.2, -0.15) is 5.10 Å². The van der Waals surface area contributed by atoms with E-state index in [1.807, 2.05) is 67.6 Å². The number of aromatic amines is 1. The summed E-state index contributed by atoms with van der Waals surface area (Å²) < 4.78 is 5.63. The molecule has 0 aliphatic carbocycles. The number of carbonyl (C=O) groups is 2. The first-order valence-corrected chi connectivity index (χ1v) is 10.8. The molecule has 32 heavy (non-hydrogen) atoms. The highest BCUT2D eigenvalue weighted by Crippen LogP contribution is 2.25. The van der Waals surface area contributed by atoms with Gasteiger partial charge < -0.3 is 14.5 Å². The van der Waals surface area contributed by atoms with Gasteiger partial charge in [-0.1, -0.05) is 48.5 Å². The molecule has 1 aromatic heterocycles. The molecule has 0 radical (unpaired) electrons. The second-order valence-corrected chi connectivity index (χ2v) is 7.82. The number of H-pyrrole nitrogens is 1. The monoisotopic (exact) mass is 433 g/mol. The Bertz CT molecular complexity index is 1040. The van der Waals surface area contributed by atoms with Crippen LogP contribution in [0.5, 0.6) is 5.75 Å². The van der Waals surface area contributed by atoms with E-state index in [0.717, 1.165) is 5.56 Å². The second kappa shape index (κ2) is 10.1. The standard InChI is InChI=1S/C24H27N5O3/c1-18-25-24(27-26-18)21-12-13-28(23(31)17-32-20-10-6-3-7-11-20)14-15-29(21)22(30)16-19-8-4-2-5-9-19/h2-11,21H,12-17H2,1H3,(H,25,26,27). The van der Waals surface area contributed by atoms with Gasteiger partial charge in [-0.05, 0) is 31.0 Å². The zero-order valence-electron chi connectivity index (χ0n) is 18.1. The first-order valence-electron chi connectivity index (χ1n) is 10.8. The predicted molar refractivity (Wildman–Crippen MR) is 119 cm³/mol. The SMILES string of the molecule is Cc1nc(C2CCN(C(=O)COc3ccccc3)CCN2C(=O)Cc2ccccc2)n[nH]1. The van der Waals surface area contributed by atoms with Gasteiger partial charge in [0.1, 0.15) is 11.6 Å². The minimum atomic E-state index is -0.288. The quantitative estimate of drug-likeness (QED) is 0.645. The van der Waals surface area contributed by atoms with Gasteiger partial charge in [0.15, 0.2) is 12.4 Å². The molecule has 2 heterocycles. The van der Waals surface area contributed by atoms with Crippen LogP contribution >= 0.6 is 0 Å². The van der Waals surface area contributed by atoms with Crippen molar-refractivity contribution < 1.29 is 14.3 Å². The predicted octanol–water partition coefficient (Wildman–Crippen LogP) is 2.54. The second-order valence-electron chi connectivity index (χ2n) is 7.82. The Kier molecular flexibility index (Phi) is 6.79. The first kappa shape index (κ1) is 21.5. The Balaban J connectivity index is 1.46. The Morgan fingerprint density at radius 1 is 1.00 bits per heavy atom. The zero-order chi connectivity index (χ0) is 22.3. The molecule has 1 aliphatic rings. The van der Waals surface area contributed by atoms with Gasteiger partial charge in [0.05, 0.1) is 12.5 Å². The molecule has 1 aliphatic heterocycles. The maximum atomic E-state index is 13.2. The van der Waals surface area contributed by atoms with Crippen LogP contribution in [-0.2, 0) is 16.0 Å². The van der Waals surface area contributed by atoms with Gasteiger partial charge in [-0.15, -0.1) is 0 Å². The molecule has 3 aromatic rings. The van der Waals surface area contributed by atoms with E-state index in [2.05, 4.69) is 15.2 Å². The number of nitrogens with one attached hydrogen (secondary N) is 1. The number of carbonyl (C=O) groups excluding carboxylic acids is 2. The lowest BCUT2D eigenvalue weighted by atomic mass is 10.1. The molecule has 1 atom stereocenters. The van der Waals surface area contributed by atoms with Crippen LogP contribution in [0, 0.1) is 6.92 Å². The number of para-hydroxylation sites is 1. The first-order chi connectivity index (χ1) is 15.6. The highest BCUT2D eigenvalue weighted by atomic mass is 16.5. The van der Waals surface area contributed by atoms with Crippen molar-refractivity contribution in [3.05, 3.63) is 77.9 Å². The molecule has 1 fully saturated rings. The molecular weight excluding hydrogens is 406 g/mol. The average molecular weight is 434 g/mol. The summed E-state index contributed by atoms with van der Waals surface area (Å²) in [6.07, 6.45) is 0.862. The number of benzene rings is 2. The summed E-state index contributed by atoms with van der Waals surface area (Å²) in [6.45, 7) is 3.16. The number of amides is 2. The summed E-state index contributed by atoms with van der Waals surface area (Å²) in [7, 11) is 0. The minimum Gasteiger partial charge on any atom is -0.484 e. The lowest BCUT2D eigenvalue weighted by molar-refractivity contribution is -0.135. The van der Waals surface area contributed by atoms with Crippen LogP contribution in [0.3, 0.4) is 0 Å². The molecule has 8 nitrogen and oxygen atoms in total.